The van der Waals surface area contributed by atoms with Gasteiger partial charge in [-0.15, -0.1) is 15.0 Å². The summed E-state index contributed by atoms with van der Waals surface area (Å²) in [7, 11) is 0. The van der Waals surface area contributed by atoms with Crippen molar-refractivity contribution < 1.29 is 13.9 Å². The van der Waals surface area contributed by atoms with E-state index < -0.39 is 5.54 Å². The molecule has 0 radical (unpaired) electrons. The summed E-state index contributed by atoms with van der Waals surface area (Å²) in [5.41, 5.74) is 6.47. The third kappa shape index (κ3) is 5.94. The second-order valence-electron chi connectivity index (χ2n) is 12.7. The molecule has 3 heterocycles. The first-order valence-corrected chi connectivity index (χ1v) is 18.2. The van der Waals surface area contributed by atoms with Gasteiger partial charge in [-0.1, -0.05) is 121 Å². The Labute approximate surface area is 315 Å². The van der Waals surface area contributed by atoms with Crippen LogP contribution in [0.5, 0.6) is 0 Å². The number of fused-ring (bicyclic) bond motifs is 1. The highest BCUT2D eigenvalue weighted by molar-refractivity contribution is 9.10. The smallest absolute Gasteiger partial charge is 0.356 e. The van der Waals surface area contributed by atoms with Crippen LogP contribution in [0.4, 0.5) is 0 Å². The molecule has 0 fully saturated rings. The number of imidazole rings is 1. The average molecular weight is 764 g/mol. The Morgan fingerprint density at radius 3 is 1.98 bits per heavy atom. The van der Waals surface area contributed by atoms with Crippen LogP contribution in [-0.2, 0) is 16.8 Å². The molecule has 0 N–H and O–H groups in total. The molecule has 0 amide bonds. The van der Waals surface area contributed by atoms with E-state index in [1.165, 1.54) is 0 Å². The number of benzene rings is 5. The SMILES string of the molecule is CCOC(=O)c1c(C)nc(C)n1Cc1ccc2oc(-c3ccccc3-c3nnn(C(c4ccccc4)(c4ccccc4)c4ccccc4)n3)c(Br)c2c1. The quantitative estimate of drug-likeness (QED) is 0.101. The number of ether oxygens (including phenoxy) is 1. The molecule has 0 saturated heterocycles. The van der Waals surface area contributed by atoms with Crippen molar-refractivity contribution >= 4 is 32.9 Å². The van der Waals surface area contributed by atoms with Crippen LogP contribution < -0.4 is 0 Å². The molecule has 0 aliphatic rings. The number of hydrogen-bond donors (Lipinski definition) is 0. The van der Waals surface area contributed by atoms with Gasteiger partial charge in [0.2, 0.25) is 5.82 Å². The molecule has 8 aromatic rings. The van der Waals surface area contributed by atoms with Crippen LogP contribution in [0.2, 0.25) is 0 Å². The Morgan fingerprint density at radius 1 is 0.792 bits per heavy atom. The van der Waals surface area contributed by atoms with Gasteiger partial charge < -0.3 is 13.7 Å². The zero-order valence-corrected chi connectivity index (χ0v) is 31.0. The van der Waals surface area contributed by atoms with Crippen molar-refractivity contribution in [1.82, 2.24) is 29.8 Å². The molecule has 3 aromatic heterocycles. The van der Waals surface area contributed by atoms with Crippen molar-refractivity contribution in [3.8, 4) is 22.7 Å². The molecule has 0 atom stereocenters. The number of aryl methyl sites for hydroxylation is 2. The first-order chi connectivity index (χ1) is 25.9. The van der Waals surface area contributed by atoms with Crippen LogP contribution in [-0.4, -0.2) is 42.3 Å². The number of carbonyl (C=O) groups excluding carboxylic acids is 1. The molecule has 262 valence electrons. The summed E-state index contributed by atoms with van der Waals surface area (Å²) in [6, 6.07) is 44.8. The van der Waals surface area contributed by atoms with Crippen molar-refractivity contribution in [3.63, 3.8) is 0 Å². The summed E-state index contributed by atoms with van der Waals surface area (Å²) in [4.78, 5) is 19.1. The maximum atomic E-state index is 12.8. The first kappa shape index (κ1) is 34.0. The molecule has 9 nitrogen and oxygen atoms in total. The maximum Gasteiger partial charge on any atom is 0.356 e. The fraction of sp³-hybridized carbons (Fsp3) is 0.140. The normalized spacial score (nSPS) is 11.6. The Hall–Kier alpha value is -6.13. The van der Waals surface area contributed by atoms with E-state index in [9.17, 15) is 4.79 Å². The minimum absolute atomic E-state index is 0.292. The number of esters is 1. The average Bonchev–Trinajstić information content (AvgIpc) is 3.89. The molecule has 0 aliphatic heterocycles. The number of aromatic nitrogens is 6. The van der Waals surface area contributed by atoms with Crippen LogP contribution in [0.15, 0.2) is 142 Å². The molecule has 5 aromatic carbocycles. The second-order valence-corrected chi connectivity index (χ2v) is 13.5. The zero-order chi connectivity index (χ0) is 36.5. The largest absolute Gasteiger partial charge is 0.461 e. The van der Waals surface area contributed by atoms with E-state index in [0.29, 0.717) is 41.7 Å². The lowest BCUT2D eigenvalue weighted by Gasteiger charge is -2.34. The van der Waals surface area contributed by atoms with E-state index in [2.05, 4.69) is 63.4 Å². The fourth-order valence-corrected chi connectivity index (χ4v) is 7.76. The molecular formula is C43H35BrN6O3. The summed E-state index contributed by atoms with van der Waals surface area (Å²) < 4.78 is 14.6. The molecule has 0 saturated carbocycles. The van der Waals surface area contributed by atoms with E-state index in [1.807, 2.05) is 109 Å². The van der Waals surface area contributed by atoms with Crippen molar-refractivity contribution in [3.05, 3.63) is 177 Å². The summed E-state index contributed by atoms with van der Waals surface area (Å²) in [6.45, 7) is 6.25. The zero-order valence-electron chi connectivity index (χ0n) is 29.4. The van der Waals surface area contributed by atoms with Gasteiger partial charge in [-0.2, -0.15) is 0 Å². The van der Waals surface area contributed by atoms with Gasteiger partial charge in [0.1, 0.15) is 17.2 Å². The number of carbonyl (C=O) groups is 1. The molecule has 10 heteroatoms. The van der Waals surface area contributed by atoms with Gasteiger partial charge in [-0.25, -0.2) is 9.78 Å². The van der Waals surface area contributed by atoms with Crippen LogP contribution in [0, 0.1) is 13.8 Å². The molecule has 53 heavy (non-hydrogen) atoms. The third-order valence-corrected chi connectivity index (χ3v) is 10.3. The topological polar surface area (TPSA) is 101 Å². The van der Waals surface area contributed by atoms with E-state index in [0.717, 1.165) is 49.1 Å². The minimum atomic E-state index is -0.903. The standard InChI is InChI=1S/C43H35BrN6O3/c1-4-52-42(51)39-28(2)45-29(3)49(39)27-30-24-25-37-36(26-30)38(44)40(53-37)34-22-14-15-23-35(34)41-46-48-50(47-41)43(31-16-8-5-9-17-31,32-18-10-6-11-19-32)33-20-12-7-13-21-33/h5-26H,4,27H2,1-3H3. The lowest BCUT2D eigenvalue weighted by Crippen LogP contribution is -2.39. The maximum absolute atomic E-state index is 12.8. The summed E-state index contributed by atoms with van der Waals surface area (Å²) in [5.74, 6) is 1.46. The lowest BCUT2D eigenvalue weighted by atomic mass is 9.77. The first-order valence-electron chi connectivity index (χ1n) is 17.4. The van der Waals surface area contributed by atoms with Crippen LogP contribution in [0.1, 0.15) is 51.2 Å². The summed E-state index contributed by atoms with van der Waals surface area (Å²) in [6.07, 6.45) is 0. The van der Waals surface area contributed by atoms with Crippen molar-refractivity contribution in [2.24, 2.45) is 0 Å². The number of hydrogen-bond acceptors (Lipinski definition) is 7. The Kier molecular flexibility index (Phi) is 9.05. The fourth-order valence-electron chi connectivity index (χ4n) is 7.16. The van der Waals surface area contributed by atoms with Crippen molar-refractivity contribution in [2.75, 3.05) is 6.61 Å². The van der Waals surface area contributed by atoms with Gasteiger partial charge in [0.05, 0.1) is 16.8 Å². The van der Waals surface area contributed by atoms with E-state index >= 15 is 0 Å². The molecule has 8 rings (SSSR count). The van der Waals surface area contributed by atoms with E-state index in [1.54, 1.807) is 11.7 Å². The Balaban J connectivity index is 1.22. The van der Waals surface area contributed by atoms with Crippen LogP contribution in [0.3, 0.4) is 0 Å². The monoisotopic (exact) mass is 762 g/mol. The predicted molar refractivity (Wildman–Crippen MR) is 208 cm³/mol. The molecule has 0 aliphatic carbocycles. The van der Waals surface area contributed by atoms with E-state index in [-0.39, 0.29) is 5.97 Å². The molecule has 0 spiro atoms. The second kappa shape index (κ2) is 14.1. The lowest BCUT2D eigenvalue weighted by molar-refractivity contribution is 0.0513. The molecular weight excluding hydrogens is 728 g/mol. The van der Waals surface area contributed by atoms with Crippen LogP contribution >= 0.6 is 15.9 Å². The Morgan fingerprint density at radius 2 is 1.38 bits per heavy atom. The molecule has 0 unspecified atom stereocenters. The minimum Gasteiger partial charge on any atom is -0.461 e. The number of rotatable bonds is 10. The highest BCUT2D eigenvalue weighted by atomic mass is 79.9. The number of furan rings is 1. The third-order valence-electron chi connectivity index (χ3n) is 9.53. The van der Waals surface area contributed by atoms with Crippen LogP contribution in [0.25, 0.3) is 33.7 Å². The van der Waals surface area contributed by atoms with Gasteiger partial charge in [-0.3, -0.25) is 0 Å². The van der Waals surface area contributed by atoms with E-state index in [4.69, 9.17) is 24.6 Å². The molecule has 0 bridgehead atoms. The van der Waals surface area contributed by atoms with Gasteiger partial charge in [0.25, 0.3) is 0 Å². The number of halogens is 1. The highest BCUT2D eigenvalue weighted by Crippen LogP contribution is 2.43. The van der Waals surface area contributed by atoms with Gasteiger partial charge in [-0.05, 0) is 76.3 Å². The van der Waals surface area contributed by atoms with Gasteiger partial charge in [0, 0.05) is 23.1 Å². The van der Waals surface area contributed by atoms with Crippen molar-refractivity contribution in [2.45, 2.75) is 32.9 Å². The number of tetrazole rings is 1. The van der Waals surface area contributed by atoms with Gasteiger partial charge >= 0.3 is 5.97 Å². The van der Waals surface area contributed by atoms with Crippen molar-refractivity contribution in [1.29, 1.82) is 0 Å². The highest BCUT2D eigenvalue weighted by Gasteiger charge is 2.41. The summed E-state index contributed by atoms with van der Waals surface area (Å²) >= 11 is 3.87. The predicted octanol–water partition coefficient (Wildman–Crippen LogP) is 9.39. The summed E-state index contributed by atoms with van der Waals surface area (Å²) in [5, 5.41) is 15.5. The number of nitrogens with zero attached hydrogens (tertiary/aromatic N) is 6. The Bertz CT molecular complexity index is 2460. The van der Waals surface area contributed by atoms with Gasteiger partial charge in [0.15, 0.2) is 11.2 Å².